The molecule has 1 aromatic carbocycles. The molecule has 0 heterocycles. The van der Waals surface area contributed by atoms with Crippen molar-refractivity contribution in [2.45, 2.75) is 12.0 Å². The molecule has 1 aliphatic carbocycles. The summed E-state index contributed by atoms with van der Waals surface area (Å²) >= 11 is 5.81. The van der Waals surface area contributed by atoms with E-state index in [1.807, 2.05) is 0 Å². The van der Waals surface area contributed by atoms with E-state index in [2.05, 4.69) is 0 Å². The number of hydrogen-bond donors (Lipinski definition) is 1. The fourth-order valence-electron chi connectivity index (χ4n) is 1.64. The number of benzene rings is 1. The van der Waals surface area contributed by atoms with Gasteiger partial charge in [0, 0.05) is 5.02 Å². The van der Waals surface area contributed by atoms with Gasteiger partial charge < -0.3 is 5.11 Å². The molecule has 3 heteroatoms. The van der Waals surface area contributed by atoms with E-state index in [9.17, 15) is 9.90 Å². The Kier molecular flexibility index (Phi) is 2.40. The minimum atomic E-state index is -0.721. The summed E-state index contributed by atoms with van der Waals surface area (Å²) < 4.78 is 0. The second-order valence-electron chi connectivity index (χ2n) is 3.28. The van der Waals surface area contributed by atoms with Gasteiger partial charge in [-0.2, -0.15) is 0 Å². The highest BCUT2D eigenvalue weighted by Crippen LogP contribution is 2.28. The lowest BCUT2D eigenvalue weighted by atomic mass is 9.94. The summed E-state index contributed by atoms with van der Waals surface area (Å²) in [5.74, 6) is -0.548. The number of aliphatic hydroxyl groups is 1. The molecule has 0 fully saturated rings. The molecule has 0 aromatic heterocycles. The molecule has 0 spiro atoms. The number of carbonyl (C=O) groups is 1. The number of hydrogen-bond acceptors (Lipinski definition) is 2. The van der Waals surface area contributed by atoms with Gasteiger partial charge in [0.25, 0.3) is 0 Å². The van der Waals surface area contributed by atoms with Crippen LogP contribution in [0.2, 0.25) is 5.02 Å². The maximum absolute atomic E-state index is 11.4. The predicted molar refractivity (Wildman–Crippen MR) is 54.3 cm³/mol. The third-order valence-corrected chi connectivity index (χ3v) is 2.55. The molecule has 0 aliphatic heterocycles. The summed E-state index contributed by atoms with van der Waals surface area (Å²) in [6.45, 7) is 0. The smallest absolute Gasteiger partial charge is 0.165 e. The van der Waals surface area contributed by atoms with Crippen molar-refractivity contribution in [3.63, 3.8) is 0 Å². The molecule has 2 atom stereocenters. The predicted octanol–water partition coefficient (Wildman–Crippen LogP) is 1.92. The molecule has 0 amide bonds. The largest absolute Gasteiger partial charge is 0.388 e. The fraction of sp³-hybridized carbons (Fsp3) is 0.182. The summed E-state index contributed by atoms with van der Waals surface area (Å²) in [5, 5.41) is 10.1. The van der Waals surface area contributed by atoms with Crippen LogP contribution < -0.4 is 0 Å². The molecule has 0 unspecified atom stereocenters. The Morgan fingerprint density at radius 1 is 1.36 bits per heavy atom. The number of rotatable bonds is 1. The molecule has 0 saturated heterocycles. The SMILES string of the molecule is O=C1C=C[C@H](O)[C@H]1c1cccc(Cl)c1. The van der Waals surface area contributed by atoms with Crippen molar-refractivity contribution in [3.8, 4) is 0 Å². The lowest BCUT2D eigenvalue weighted by Gasteiger charge is -2.13. The Labute approximate surface area is 86.8 Å². The average Bonchev–Trinajstić information content (AvgIpc) is 2.46. The Morgan fingerprint density at radius 2 is 2.14 bits per heavy atom. The van der Waals surface area contributed by atoms with Crippen LogP contribution in [0.4, 0.5) is 0 Å². The molecule has 14 heavy (non-hydrogen) atoms. The molecule has 1 aromatic rings. The Bertz CT molecular complexity index is 398. The number of ketones is 1. The molecule has 0 radical (unpaired) electrons. The minimum Gasteiger partial charge on any atom is -0.388 e. The van der Waals surface area contributed by atoms with Gasteiger partial charge in [-0.15, -0.1) is 0 Å². The number of allylic oxidation sites excluding steroid dienone is 1. The first kappa shape index (κ1) is 9.44. The van der Waals surface area contributed by atoms with E-state index in [-0.39, 0.29) is 5.78 Å². The van der Waals surface area contributed by atoms with E-state index in [1.54, 1.807) is 24.3 Å². The van der Waals surface area contributed by atoms with Crippen LogP contribution in [0.3, 0.4) is 0 Å². The molecule has 1 N–H and O–H groups in total. The Hall–Kier alpha value is -1.12. The van der Waals surface area contributed by atoms with Crippen molar-refractivity contribution in [2.24, 2.45) is 0 Å². The van der Waals surface area contributed by atoms with Gasteiger partial charge in [-0.25, -0.2) is 0 Å². The molecular weight excluding hydrogens is 200 g/mol. The molecule has 1 aliphatic rings. The van der Waals surface area contributed by atoms with Crippen LogP contribution in [0.15, 0.2) is 36.4 Å². The van der Waals surface area contributed by atoms with Gasteiger partial charge >= 0.3 is 0 Å². The third-order valence-electron chi connectivity index (χ3n) is 2.31. The van der Waals surface area contributed by atoms with Crippen molar-refractivity contribution in [1.29, 1.82) is 0 Å². The van der Waals surface area contributed by atoms with E-state index in [1.165, 1.54) is 12.2 Å². The summed E-state index contributed by atoms with van der Waals surface area (Å²) in [6, 6.07) is 7.02. The third kappa shape index (κ3) is 1.59. The standard InChI is InChI=1S/C11H9ClO2/c12-8-3-1-2-7(6-8)11-9(13)4-5-10(11)14/h1-6,9,11,13H/t9-,11+/m0/s1. The monoisotopic (exact) mass is 208 g/mol. The Balaban J connectivity index is 2.36. The van der Waals surface area contributed by atoms with Crippen LogP contribution in [0.5, 0.6) is 0 Å². The highest BCUT2D eigenvalue weighted by atomic mass is 35.5. The number of carbonyl (C=O) groups excluding carboxylic acids is 1. The van der Waals surface area contributed by atoms with Crippen LogP contribution in [-0.2, 0) is 4.79 Å². The highest BCUT2D eigenvalue weighted by Gasteiger charge is 2.29. The zero-order valence-electron chi connectivity index (χ0n) is 7.35. The summed E-state index contributed by atoms with van der Waals surface area (Å²) in [5.41, 5.74) is 0.764. The zero-order valence-corrected chi connectivity index (χ0v) is 8.11. The van der Waals surface area contributed by atoms with E-state index in [0.29, 0.717) is 5.02 Å². The van der Waals surface area contributed by atoms with Gasteiger partial charge in [0.15, 0.2) is 5.78 Å². The Morgan fingerprint density at radius 3 is 2.71 bits per heavy atom. The number of aliphatic hydroxyl groups excluding tert-OH is 1. The molecule has 72 valence electrons. The zero-order chi connectivity index (χ0) is 10.1. The van der Waals surface area contributed by atoms with Crippen LogP contribution >= 0.6 is 11.6 Å². The first-order valence-electron chi connectivity index (χ1n) is 4.34. The second kappa shape index (κ2) is 3.56. The lowest BCUT2D eigenvalue weighted by molar-refractivity contribution is -0.116. The first-order valence-corrected chi connectivity index (χ1v) is 4.72. The van der Waals surface area contributed by atoms with Crippen molar-refractivity contribution in [3.05, 3.63) is 47.0 Å². The fourth-order valence-corrected chi connectivity index (χ4v) is 1.84. The van der Waals surface area contributed by atoms with Crippen molar-refractivity contribution < 1.29 is 9.90 Å². The van der Waals surface area contributed by atoms with Gasteiger partial charge in [-0.3, -0.25) is 4.79 Å². The van der Waals surface area contributed by atoms with E-state index in [4.69, 9.17) is 11.6 Å². The topological polar surface area (TPSA) is 37.3 Å². The van der Waals surface area contributed by atoms with Gasteiger partial charge in [0.1, 0.15) is 0 Å². The van der Waals surface area contributed by atoms with Crippen LogP contribution in [0.1, 0.15) is 11.5 Å². The molecule has 2 nitrogen and oxygen atoms in total. The molecule has 2 rings (SSSR count). The summed E-state index contributed by atoms with van der Waals surface area (Å²) in [7, 11) is 0. The summed E-state index contributed by atoms with van der Waals surface area (Å²) in [4.78, 5) is 11.4. The minimum absolute atomic E-state index is 0.0697. The second-order valence-corrected chi connectivity index (χ2v) is 3.72. The maximum Gasteiger partial charge on any atom is 0.165 e. The van der Waals surface area contributed by atoms with Crippen molar-refractivity contribution >= 4 is 17.4 Å². The van der Waals surface area contributed by atoms with Crippen LogP contribution in [0, 0.1) is 0 Å². The highest BCUT2D eigenvalue weighted by molar-refractivity contribution is 6.30. The molecule has 0 bridgehead atoms. The lowest BCUT2D eigenvalue weighted by Crippen LogP contribution is -2.17. The normalized spacial score (nSPS) is 25.7. The van der Waals surface area contributed by atoms with Crippen molar-refractivity contribution in [2.75, 3.05) is 0 Å². The van der Waals surface area contributed by atoms with Gasteiger partial charge in [0.05, 0.1) is 12.0 Å². The van der Waals surface area contributed by atoms with E-state index in [0.717, 1.165) is 5.56 Å². The number of halogens is 1. The van der Waals surface area contributed by atoms with Crippen LogP contribution in [-0.4, -0.2) is 17.0 Å². The maximum atomic E-state index is 11.4. The average molecular weight is 209 g/mol. The summed E-state index contributed by atoms with van der Waals surface area (Å²) in [6.07, 6.45) is 2.20. The van der Waals surface area contributed by atoms with Gasteiger partial charge in [-0.05, 0) is 23.8 Å². The van der Waals surface area contributed by atoms with Crippen LogP contribution in [0.25, 0.3) is 0 Å². The van der Waals surface area contributed by atoms with Crippen molar-refractivity contribution in [1.82, 2.24) is 0 Å². The molecular formula is C11H9ClO2. The van der Waals surface area contributed by atoms with Gasteiger partial charge in [-0.1, -0.05) is 29.8 Å². The molecule has 0 saturated carbocycles. The first-order chi connectivity index (χ1) is 6.68. The van der Waals surface area contributed by atoms with E-state index < -0.39 is 12.0 Å². The van der Waals surface area contributed by atoms with Gasteiger partial charge in [0.2, 0.25) is 0 Å². The van der Waals surface area contributed by atoms with E-state index >= 15 is 0 Å². The quantitative estimate of drug-likeness (QED) is 0.766.